The molecule has 0 saturated carbocycles. The van der Waals surface area contributed by atoms with Crippen molar-refractivity contribution >= 4 is 38.9 Å². The quantitative estimate of drug-likeness (QED) is 0.370. The number of fused-ring (bicyclic) bond motifs is 2. The van der Waals surface area contributed by atoms with Crippen molar-refractivity contribution in [1.29, 1.82) is 0 Å². The fourth-order valence-corrected chi connectivity index (χ4v) is 5.96. The van der Waals surface area contributed by atoms with E-state index in [0.29, 0.717) is 16.5 Å². The van der Waals surface area contributed by atoms with E-state index in [4.69, 9.17) is 11.6 Å². The first-order chi connectivity index (χ1) is 14.1. The van der Waals surface area contributed by atoms with Crippen LogP contribution in [0.2, 0.25) is 5.02 Å². The fourth-order valence-electron chi connectivity index (χ4n) is 3.33. The van der Waals surface area contributed by atoms with Crippen LogP contribution in [-0.4, -0.2) is 17.8 Å². The molecule has 0 fully saturated rings. The van der Waals surface area contributed by atoms with Crippen molar-refractivity contribution in [2.45, 2.75) is 21.1 Å². The highest BCUT2D eigenvalue weighted by molar-refractivity contribution is 7.99. The molecule has 0 radical (unpaired) electrons. The highest BCUT2D eigenvalue weighted by atomic mass is 35.5. The van der Waals surface area contributed by atoms with Crippen LogP contribution in [0.25, 0.3) is 5.57 Å². The van der Waals surface area contributed by atoms with Gasteiger partial charge in [-0.15, -0.1) is 0 Å². The number of benzene rings is 3. The molecule has 0 spiro atoms. The summed E-state index contributed by atoms with van der Waals surface area (Å²) in [4.78, 5) is 3.17. The molecule has 1 atom stereocenters. The van der Waals surface area contributed by atoms with E-state index in [1.165, 1.54) is 26.5 Å². The molecule has 1 heterocycles. The summed E-state index contributed by atoms with van der Waals surface area (Å²) in [6, 6.07) is 23.9. The van der Waals surface area contributed by atoms with Gasteiger partial charge in [0, 0.05) is 28.4 Å². The van der Waals surface area contributed by atoms with Gasteiger partial charge in [0.1, 0.15) is 9.92 Å². The third-order valence-corrected chi connectivity index (χ3v) is 8.18. The Balaban J connectivity index is 1.56. The Morgan fingerprint density at radius 1 is 0.966 bits per heavy atom. The van der Waals surface area contributed by atoms with Gasteiger partial charge < -0.3 is 0 Å². The molecule has 1 aliphatic rings. The van der Waals surface area contributed by atoms with Crippen LogP contribution in [0, 0.1) is 0 Å². The van der Waals surface area contributed by atoms with Gasteiger partial charge in [0.15, 0.2) is 0 Å². The van der Waals surface area contributed by atoms with Gasteiger partial charge in [0.05, 0.1) is 4.90 Å². The summed E-state index contributed by atoms with van der Waals surface area (Å²) in [5, 5.41) is 0.615. The maximum absolute atomic E-state index is 13.2. The molecule has 0 bridgehead atoms. The largest absolute Gasteiger partial charge is 0.229 e. The van der Waals surface area contributed by atoms with Crippen molar-refractivity contribution in [1.82, 2.24) is 4.72 Å². The zero-order chi connectivity index (χ0) is 20.3. The molecule has 3 aromatic rings. The molecule has 0 amide bonds. The van der Waals surface area contributed by atoms with E-state index < -0.39 is 9.92 Å². The third kappa shape index (κ3) is 4.28. The minimum atomic E-state index is -2.66. The Morgan fingerprint density at radius 2 is 1.55 bits per heavy atom. The van der Waals surface area contributed by atoms with Gasteiger partial charge in [-0.2, -0.15) is 0 Å². The maximum Gasteiger partial charge on any atom is 0.137 e. The zero-order valence-corrected chi connectivity index (χ0v) is 18.4. The van der Waals surface area contributed by atoms with Crippen molar-refractivity contribution in [2.75, 3.05) is 13.6 Å². The van der Waals surface area contributed by atoms with Crippen LogP contribution in [0.1, 0.15) is 17.5 Å². The van der Waals surface area contributed by atoms with E-state index in [9.17, 15) is 4.21 Å². The molecule has 1 N–H and O–H groups in total. The summed E-state index contributed by atoms with van der Waals surface area (Å²) < 4.78 is 20.4. The van der Waals surface area contributed by atoms with Crippen LogP contribution in [0.15, 0.2) is 97.9 Å². The molecule has 1 aliphatic heterocycles. The van der Waals surface area contributed by atoms with Crippen molar-refractivity contribution in [3.8, 4) is 0 Å². The summed E-state index contributed by atoms with van der Waals surface area (Å²) in [6.07, 6.45) is 2.96. The Labute approximate surface area is 181 Å². The number of halogens is 1. The van der Waals surface area contributed by atoms with Crippen LogP contribution in [0.4, 0.5) is 0 Å². The normalized spacial score (nSPS) is 14.5. The zero-order valence-electron chi connectivity index (χ0n) is 16.0. The molecule has 1 unspecified atom stereocenters. The van der Waals surface area contributed by atoms with E-state index in [0.717, 1.165) is 6.42 Å². The topological polar surface area (TPSA) is 41.5 Å². The number of nitrogens with one attached hydrogen (secondary N) is 1. The fraction of sp³-hybridized carbons (Fsp3) is 0.130. The molecule has 0 aromatic heterocycles. The molecule has 4 rings (SSSR count). The average molecular weight is 441 g/mol. The van der Waals surface area contributed by atoms with Gasteiger partial charge in [-0.1, -0.05) is 65.8 Å². The highest BCUT2D eigenvalue weighted by Crippen LogP contribution is 2.45. The number of hydrogen-bond acceptors (Lipinski definition) is 3. The smallest absolute Gasteiger partial charge is 0.137 e. The van der Waals surface area contributed by atoms with E-state index in [-0.39, 0.29) is 0 Å². The summed E-state index contributed by atoms with van der Waals surface area (Å²) in [5.41, 5.74) is 3.72. The summed E-state index contributed by atoms with van der Waals surface area (Å²) >= 11 is 7.75. The summed E-state index contributed by atoms with van der Waals surface area (Å²) in [7, 11) is -1.09. The molecule has 0 aliphatic carbocycles. The Kier molecular flexibility index (Phi) is 6.11. The van der Waals surface area contributed by atoms with Crippen molar-refractivity contribution in [2.24, 2.45) is 4.36 Å². The third-order valence-electron chi connectivity index (χ3n) is 4.76. The SMILES string of the molecule is CN=S(=O)(NCCC=C1c2ccccc2Sc2ccccc21)c1ccc(Cl)cc1. The lowest BCUT2D eigenvalue weighted by atomic mass is 9.96. The lowest BCUT2D eigenvalue weighted by Gasteiger charge is -2.22. The standard InChI is InChI=1S/C23H21ClN2OS2/c1-25-29(27,18-14-12-17(24)13-15-18)26-16-6-9-19-20-7-2-4-10-22(20)28-23-11-5-3-8-21(19)23/h2-5,7-15H,6,16H2,1H3,(H,25,26,27). The predicted octanol–water partition coefficient (Wildman–Crippen LogP) is 6.29. The van der Waals surface area contributed by atoms with Crippen molar-refractivity contribution in [3.05, 3.63) is 95.0 Å². The van der Waals surface area contributed by atoms with Crippen LogP contribution in [-0.2, 0) is 9.92 Å². The summed E-state index contributed by atoms with van der Waals surface area (Å²) in [6.45, 7) is 0.555. The average Bonchev–Trinajstić information content (AvgIpc) is 2.76. The second kappa shape index (κ2) is 8.76. The first-order valence-electron chi connectivity index (χ1n) is 9.33. The summed E-state index contributed by atoms with van der Waals surface area (Å²) in [5.74, 6) is 0. The lowest BCUT2D eigenvalue weighted by Crippen LogP contribution is -2.24. The lowest BCUT2D eigenvalue weighted by molar-refractivity contribution is 0.664. The Bertz CT molecular complexity index is 1130. The molecule has 3 aromatic carbocycles. The first kappa shape index (κ1) is 20.2. The van der Waals surface area contributed by atoms with Crippen LogP contribution < -0.4 is 4.72 Å². The number of rotatable bonds is 5. The molecule has 6 heteroatoms. The van der Waals surface area contributed by atoms with Gasteiger partial charge in [-0.05, 0) is 59.5 Å². The number of hydrogen-bond donors (Lipinski definition) is 1. The Morgan fingerprint density at radius 3 is 2.14 bits per heavy atom. The maximum atomic E-state index is 13.2. The molecular formula is C23H21ClN2OS2. The van der Waals surface area contributed by atoms with Gasteiger partial charge in [-0.3, -0.25) is 0 Å². The molecule has 3 nitrogen and oxygen atoms in total. The first-order valence-corrected chi connectivity index (χ1v) is 12.0. The van der Waals surface area contributed by atoms with E-state index >= 15 is 0 Å². The van der Waals surface area contributed by atoms with Gasteiger partial charge in [0.25, 0.3) is 0 Å². The second-order valence-corrected chi connectivity index (χ2v) is 10.3. The molecule has 29 heavy (non-hydrogen) atoms. The van der Waals surface area contributed by atoms with Gasteiger partial charge in [-0.25, -0.2) is 13.3 Å². The highest BCUT2D eigenvalue weighted by Gasteiger charge is 2.19. The van der Waals surface area contributed by atoms with Gasteiger partial charge in [0.2, 0.25) is 0 Å². The molecule has 0 saturated heterocycles. The monoisotopic (exact) mass is 440 g/mol. The minimum absolute atomic E-state index is 0.555. The van der Waals surface area contributed by atoms with E-state index in [1.54, 1.807) is 43.1 Å². The second-order valence-electron chi connectivity index (χ2n) is 6.56. The van der Waals surface area contributed by atoms with E-state index in [2.05, 4.69) is 63.7 Å². The van der Waals surface area contributed by atoms with Crippen LogP contribution >= 0.6 is 23.4 Å². The Hall–Kier alpha value is -2.05. The van der Waals surface area contributed by atoms with Gasteiger partial charge >= 0.3 is 0 Å². The molecule has 148 valence electrons. The van der Waals surface area contributed by atoms with E-state index in [1.807, 2.05) is 0 Å². The predicted molar refractivity (Wildman–Crippen MR) is 123 cm³/mol. The van der Waals surface area contributed by atoms with Crippen molar-refractivity contribution in [3.63, 3.8) is 0 Å². The van der Waals surface area contributed by atoms with Crippen LogP contribution in [0.5, 0.6) is 0 Å². The van der Waals surface area contributed by atoms with Crippen molar-refractivity contribution < 1.29 is 4.21 Å². The minimum Gasteiger partial charge on any atom is -0.229 e. The molecular weight excluding hydrogens is 420 g/mol. The van der Waals surface area contributed by atoms with Crippen LogP contribution in [0.3, 0.4) is 0 Å². The number of nitrogens with zero attached hydrogens (tertiary/aromatic N) is 1.